The minimum absolute atomic E-state index is 0.0358. The molecule has 0 spiro atoms. The lowest BCUT2D eigenvalue weighted by Crippen LogP contribution is -2.26. The highest BCUT2D eigenvalue weighted by molar-refractivity contribution is 5.94. The van der Waals surface area contributed by atoms with Crippen LogP contribution in [0.3, 0.4) is 0 Å². The number of nitriles is 1. The third-order valence-electron chi connectivity index (χ3n) is 3.46. The lowest BCUT2D eigenvalue weighted by atomic mass is 10.1. The Morgan fingerprint density at radius 2 is 1.76 bits per heavy atom. The van der Waals surface area contributed by atoms with Crippen molar-refractivity contribution in [2.75, 3.05) is 11.9 Å². The molecule has 2 aromatic rings. The van der Waals surface area contributed by atoms with Gasteiger partial charge in [-0.05, 0) is 30.5 Å². The number of anilines is 1. The van der Waals surface area contributed by atoms with Crippen LogP contribution in [0.15, 0.2) is 54.6 Å². The molecule has 0 bridgehead atoms. The molecular formula is C18H18N2O. The molecule has 0 aromatic heterocycles. The molecule has 0 fully saturated rings. The number of hydrogen-bond donors (Lipinski definition) is 0. The van der Waals surface area contributed by atoms with Gasteiger partial charge in [-0.15, -0.1) is 0 Å². The maximum Gasteiger partial charge on any atom is 0.226 e. The summed E-state index contributed by atoms with van der Waals surface area (Å²) < 4.78 is 0. The van der Waals surface area contributed by atoms with Crippen LogP contribution in [0.25, 0.3) is 0 Å². The summed E-state index contributed by atoms with van der Waals surface area (Å²) in [5, 5.41) is 9.09. The van der Waals surface area contributed by atoms with E-state index in [2.05, 4.69) is 18.2 Å². The van der Waals surface area contributed by atoms with E-state index < -0.39 is 0 Å². The van der Waals surface area contributed by atoms with Gasteiger partial charge in [0.15, 0.2) is 0 Å². The molecule has 0 N–H and O–H groups in total. The third kappa shape index (κ3) is 3.93. The number of carbonyl (C=O) groups excluding carboxylic acids is 1. The first-order chi connectivity index (χ1) is 10.2. The molecule has 0 aliphatic heterocycles. The number of benzene rings is 2. The molecule has 2 rings (SSSR count). The van der Waals surface area contributed by atoms with Crippen molar-refractivity contribution in [2.24, 2.45) is 0 Å². The Balaban J connectivity index is 1.93. The zero-order chi connectivity index (χ0) is 15.1. The van der Waals surface area contributed by atoms with Gasteiger partial charge in [0.1, 0.15) is 6.07 Å². The smallest absolute Gasteiger partial charge is 0.226 e. The molecule has 0 heterocycles. The Kier molecular flexibility index (Phi) is 5.11. The maximum atomic E-state index is 12.2. The molecule has 3 nitrogen and oxygen atoms in total. The van der Waals surface area contributed by atoms with Crippen LogP contribution in [0.5, 0.6) is 0 Å². The number of nitrogens with zero attached hydrogens (tertiary/aromatic N) is 2. The summed E-state index contributed by atoms with van der Waals surface area (Å²) in [5.74, 6) is 0.0358. The first kappa shape index (κ1) is 14.8. The molecular weight excluding hydrogens is 260 g/mol. The summed E-state index contributed by atoms with van der Waals surface area (Å²) in [5.41, 5.74) is 2.44. The second-order valence-electron chi connectivity index (χ2n) is 4.92. The number of aryl methyl sites for hydroxylation is 1. The number of amides is 1. The van der Waals surface area contributed by atoms with E-state index in [9.17, 15) is 4.79 Å². The van der Waals surface area contributed by atoms with E-state index in [1.807, 2.05) is 24.3 Å². The Bertz CT molecular complexity index is 644. The summed E-state index contributed by atoms with van der Waals surface area (Å²) >= 11 is 0. The van der Waals surface area contributed by atoms with Crippen LogP contribution in [0.2, 0.25) is 0 Å². The van der Waals surface area contributed by atoms with Gasteiger partial charge in [0.25, 0.3) is 0 Å². The molecule has 0 aliphatic rings. The molecule has 0 saturated carbocycles. The van der Waals surface area contributed by atoms with Gasteiger partial charge in [0.05, 0.1) is 11.3 Å². The molecule has 0 aliphatic carbocycles. The SMILES string of the molecule is CN(C(=O)CCCc1ccccc1)c1ccccc1C#N. The van der Waals surface area contributed by atoms with Gasteiger partial charge in [-0.25, -0.2) is 0 Å². The molecule has 1 amide bonds. The van der Waals surface area contributed by atoms with E-state index >= 15 is 0 Å². The monoisotopic (exact) mass is 278 g/mol. The van der Waals surface area contributed by atoms with E-state index in [4.69, 9.17) is 5.26 Å². The quantitative estimate of drug-likeness (QED) is 0.839. The predicted octanol–water partition coefficient (Wildman–Crippen LogP) is 3.54. The minimum atomic E-state index is 0.0358. The van der Waals surface area contributed by atoms with E-state index in [1.165, 1.54) is 5.56 Å². The summed E-state index contributed by atoms with van der Waals surface area (Å²) in [4.78, 5) is 13.8. The molecule has 2 aromatic carbocycles. The molecule has 0 radical (unpaired) electrons. The van der Waals surface area contributed by atoms with Crippen molar-refractivity contribution < 1.29 is 4.79 Å². The van der Waals surface area contributed by atoms with Crippen LogP contribution < -0.4 is 4.90 Å². The van der Waals surface area contributed by atoms with Crippen LogP contribution in [0.1, 0.15) is 24.0 Å². The standard InChI is InChI=1S/C18H18N2O/c1-20(17-12-6-5-11-16(17)14-19)18(21)13-7-10-15-8-3-2-4-9-15/h2-6,8-9,11-12H,7,10,13H2,1H3. The van der Waals surface area contributed by atoms with Gasteiger partial charge in [0, 0.05) is 13.5 Å². The Hall–Kier alpha value is -2.60. The second-order valence-corrected chi connectivity index (χ2v) is 4.92. The Morgan fingerprint density at radius 3 is 2.48 bits per heavy atom. The number of rotatable bonds is 5. The molecule has 106 valence electrons. The van der Waals surface area contributed by atoms with E-state index in [0.717, 1.165) is 12.8 Å². The fraction of sp³-hybridized carbons (Fsp3) is 0.222. The van der Waals surface area contributed by atoms with E-state index in [1.54, 1.807) is 30.1 Å². The molecule has 3 heteroatoms. The van der Waals surface area contributed by atoms with Gasteiger partial charge in [0.2, 0.25) is 5.91 Å². The average Bonchev–Trinajstić information content (AvgIpc) is 2.55. The first-order valence-electron chi connectivity index (χ1n) is 7.02. The highest BCUT2D eigenvalue weighted by atomic mass is 16.2. The zero-order valence-electron chi connectivity index (χ0n) is 12.1. The minimum Gasteiger partial charge on any atom is -0.314 e. The third-order valence-corrected chi connectivity index (χ3v) is 3.46. The highest BCUT2D eigenvalue weighted by Crippen LogP contribution is 2.19. The molecule has 0 unspecified atom stereocenters. The summed E-state index contributed by atoms with van der Waals surface area (Å²) in [7, 11) is 1.72. The Labute approximate surface area is 125 Å². The van der Waals surface area contributed by atoms with Crippen LogP contribution >= 0.6 is 0 Å². The zero-order valence-corrected chi connectivity index (χ0v) is 12.1. The van der Waals surface area contributed by atoms with Crippen molar-refractivity contribution >= 4 is 11.6 Å². The summed E-state index contributed by atoms with van der Waals surface area (Å²) in [6.07, 6.45) is 2.17. The normalized spacial score (nSPS) is 9.90. The molecule has 21 heavy (non-hydrogen) atoms. The lowest BCUT2D eigenvalue weighted by Gasteiger charge is -2.18. The van der Waals surface area contributed by atoms with Crippen molar-refractivity contribution in [3.05, 3.63) is 65.7 Å². The fourth-order valence-electron chi connectivity index (χ4n) is 2.25. The van der Waals surface area contributed by atoms with Gasteiger partial charge < -0.3 is 4.90 Å². The van der Waals surface area contributed by atoms with Gasteiger partial charge in [-0.2, -0.15) is 5.26 Å². The van der Waals surface area contributed by atoms with Crippen molar-refractivity contribution in [3.63, 3.8) is 0 Å². The van der Waals surface area contributed by atoms with Crippen molar-refractivity contribution in [3.8, 4) is 6.07 Å². The van der Waals surface area contributed by atoms with Gasteiger partial charge in [-0.3, -0.25) is 4.79 Å². The molecule has 0 saturated heterocycles. The fourth-order valence-corrected chi connectivity index (χ4v) is 2.25. The number of hydrogen-bond acceptors (Lipinski definition) is 2. The second kappa shape index (κ2) is 7.25. The van der Waals surface area contributed by atoms with Crippen LogP contribution in [-0.2, 0) is 11.2 Å². The average molecular weight is 278 g/mol. The maximum absolute atomic E-state index is 12.2. The van der Waals surface area contributed by atoms with E-state index in [0.29, 0.717) is 17.7 Å². The topological polar surface area (TPSA) is 44.1 Å². The summed E-state index contributed by atoms with van der Waals surface area (Å²) in [6.45, 7) is 0. The lowest BCUT2D eigenvalue weighted by molar-refractivity contribution is -0.118. The van der Waals surface area contributed by atoms with Crippen molar-refractivity contribution in [1.82, 2.24) is 0 Å². The number of carbonyl (C=O) groups is 1. The number of para-hydroxylation sites is 1. The first-order valence-corrected chi connectivity index (χ1v) is 7.02. The van der Waals surface area contributed by atoms with Crippen molar-refractivity contribution in [1.29, 1.82) is 5.26 Å². The van der Waals surface area contributed by atoms with Crippen LogP contribution in [0, 0.1) is 11.3 Å². The van der Waals surface area contributed by atoms with Crippen LogP contribution in [-0.4, -0.2) is 13.0 Å². The molecule has 0 atom stereocenters. The summed E-state index contributed by atoms with van der Waals surface area (Å²) in [6, 6.07) is 19.4. The highest BCUT2D eigenvalue weighted by Gasteiger charge is 2.13. The largest absolute Gasteiger partial charge is 0.314 e. The van der Waals surface area contributed by atoms with Crippen LogP contribution in [0.4, 0.5) is 5.69 Å². The Morgan fingerprint density at radius 1 is 1.10 bits per heavy atom. The van der Waals surface area contributed by atoms with Gasteiger partial charge in [-0.1, -0.05) is 42.5 Å². The van der Waals surface area contributed by atoms with Crippen molar-refractivity contribution in [2.45, 2.75) is 19.3 Å². The predicted molar refractivity (Wildman–Crippen MR) is 83.9 cm³/mol. The van der Waals surface area contributed by atoms with E-state index in [-0.39, 0.29) is 5.91 Å². The van der Waals surface area contributed by atoms with Gasteiger partial charge >= 0.3 is 0 Å².